The Morgan fingerprint density at radius 1 is 1.15 bits per heavy atom. The number of para-hydroxylation sites is 1. The molecule has 1 aliphatic heterocycles. The fraction of sp³-hybridized carbons (Fsp3) is 0.400. The van der Waals surface area contributed by atoms with Gasteiger partial charge in [0.1, 0.15) is 5.60 Å². The molecule has 0 radical (unpaired) electrons. The fourth-order valence-corrected chi connectivity index (χ4v) is 3.49. The summed E-state index contributed by atoms with van der Waals surface area (Å²) in [6.45, 7) is 8.27. The van der Waals surface area contributed by atoms with Gasteiger partial charge in [0.05, 0.1) is 12.1 Å². The summed E-state index contributed by atoms with van der Waals surface area (Å²) in [5, 5.41) is 0. The van der Waals surface area contributed by atoms with Crippen LogP contribution in [0.15, 0.2) is 30.3 Å². The van der Waals surface area contributed by atoms with E-state index in [0.717, 1.165) is 22.6 Å². The minimum Gasteiger partial charge on any atom is -0.444 e. The smallest absolute Gasteiger partial charge is 0.410 e. The number of ether oxygens (including phenoxy) is 1. The molecule has 2 aromatic rings. The van der Waals surface area contributed by atoms with Crippen LogP contribution in [0.1, 0.15) is 48.1 Å². The van der Waals surface area contributed by atoms with Gasteiger partial charge in [0, 0.05) is 35.6 Å². The number of amides is 2. The van der Waals surface area contributed by atoms with Crippen LogP contribution in [-0.2, 0) is 17.7 Å². The molecule has 138 valence electrons. The molecule has 1 aromatic heterocycles. The summed E-state index contributed by atoms with van der Waals surface area (Å²) in [4.78, 5) is 26.2. The summed E-state index contributed by atoms with van der Waals surface area (Å²) < 4.78 is 7.55. The summed E-state index contributed by atoms with van der Waals surface area (Å²) >= 11 is 0. The predicted molar refractivity (Wildman–Crippen MR) is 99.4 cm³/mol. The van der Waals surface area contributed by atoms with E-state index in [4.69, 9.17) is 10.5 Å². The van der Waals surface area contributed by atoms with Gasteiger partial charge in [-0.05, 0) is 39.8 Å². The van der Waals surface area contributed by atoms with Gasteiger partial charge in [-0.3, -0.25) is 4.79 Å². The molecule has 0 atom stereocenters. The maximum atomic E-state index is 12.4. The van der Waals surface area contributed by atoms with E-state index in [1.165, 1.54) is 0 Å². The Labute approximate surface area is 153 Å². The highest BCUT2D eigenvalue weighted by Crippen LogP contribution is 2.31. The molecule has 2 N–H and O–H groups in total. The van der Waals surface area contributed by atoms with Gasteiger partial charge in [0.2, 0.25) is 0 Å². The number of nitrogens with zero attached hydrogens (tertiary/aromatic N) is 2. The van der Waals surface area contributed by atoms with Crippen LogP contribution in [0.5, 0.6) is 0 Å². The van der Waals surface area contributed by atoms with Crippen molar-refractivity contribution in [3.05, 3.63) is 52.8 Å². The van der Waals surface area contributed by atoms with Gasteiger partial charge in [-0.2, -0.15) is 0 Å². The monoisotopic (exact) mass is 355 g/mol. The second-order valence-corrected chi connectivity index (χ2v) is 7.57. The first-order chi connectivity index (χ1) is 12.2. The standard InChI is InChI=1S/C20H25N3O3/c1-13-17(18(21)24)15-12-22(19(25)26-20(2,3)4)11-10-16(15)23(13)14-8-6-5-7-9-14/h5-9H,10-12H2,1-4H3,(H2,21,24). The number of primary amides is 1. The molecule has 2 amide bonds. The first-order valence-electron chi connectivity index (χ1n) is 8.75. The Morgan fingerprint density at radius 3 is 2.38 bits per heavy atom. The number of nitrogens with two attached hydrogens (primary N) is 1. The van der Waals surface area contributed by atoms with E-state index in [2.05, 4.69) is 4.57 Å². The second-order valence-electron chi connectivity index (χ2n) is 7.57. The molecule has 1 aliphatic rings. The first kappa shape index (κ1) is 18.0. The van der Waals surface area contributed by atoms with E-state index in [-0.39, 0.29) is 6.09 Å². The average Bonchev–Trinajstić information content (AvgIpc) is 2.85. The van der Waals surface area contributed by atoms with Gasteiger partial charge in [-0.1, -0.05) is 18.2 Å². The van der Waals surface area contributed by atoms with Crippen molar-refractivity contribution in [1.82, 2.24) is 9.47 Å². The number of aromatic nitrogens is 1. The molecule has 3 rings (SSSR count). The molecule has 0 spiro atoms. The molecule has 0 saturated carbocycles. The van der Waals surface area contributed by atoms with Gasteiger partial charge in [-0.15, -0.1) is 0 Å². The molecule has 1 aromatic carbocycles. The van der Waals surface area contributed by atoms with Crippen LogP contribution in [-0.4, -0.2) is 33.6 Å². The Balaban J connectivity index is 2.03. The predicted octanol–water partition coefficient (Wildman–Crippen LogP) is 3.18. The molecule has 0 fully saturated rings. The van der Waals surface area contributed by atoms with Crippen molar-refractivity contribution in [3.63, 3.8) is 0 Å². The molecule has 0 saturated heterocycles. The maximum absolute atomic E-state index is 12.4. The SMILES string of the molecule is Cc1c(C(N)=O)c2c(n1-c1ccccc1)CCN(C(=O)OC(C)(C)C)C2. The molecule has 26 heavy (non-hydrogen) atoms. The lowest BCUT2D eigenvalue weighted by molar-refractivity contribution is 0.0222. The van der Waals surface area contributed by atoms with E-state index in [1.807, 2.05) is 58.0 Å². The van der Waals surface area contributed by atoms with E-state index in [9.17, 15) is 9.59 Å². The molecule has 0 aliphatic carbocycles. The van der Waals surface area contributed by atoms with Crippen LogP contribution >= 0.6 is 0 Å². The minimum absolute atomic E-state index is 0.323. The quantitative estimate of drug-likeness (QED) is 0.899. The Morgan fingerprint density at radius 2 is 1.81 bits per heavy atom. The van der Waals surface area contributed by atoms with Crippen molar-refractivity contribution in [3.8, 4) is 5.69 Å². The third kappa shape index (κ3) is 3.31. The summed E-state index contributed by atoms with van der Waals surface area (Å²) in [6.07, 6.45) is 0.265. The zero-order valence-corrected chi connectivity index (χ0v) is 15.7. The maximum Gasteiger partial charge on any atom is 0.410 e. The lowest BCUT2D eigenvalue weighted by Crippen LogP contribution is -2.40. The van der Waals surface area contributed by atoms with Crippen molar-refractivity contribution in [2.24, 2.45) is 5.73 Å². The summed E-state index contributed by atoms with van der Waals surface area (Å²) in [6, 6.07) is 9.87. The number of hydrogen-bond acceptors (Lipinski definition) is 3. The normalized spacial score (nSPS) is 14.1. The van der Waals surface area contributed by atoms with Crippen LogP contribution in [0.4, 0.5) is 4.79 Å². The van der Waals surface area contributed by atoms with Crippen molar-refractivity contribution in [2.45, 2.75) is 46.3 Å². The zero-order chi connectivity index (χ0) is 19.1. The Kier molecular flexibility index (Phi) is 4.52. The Bertz CT molecular complexity index is 847. The molecule has 6 heteroatoms. The minimum atomic E-state index is -0.560. The molecule has 2 heterocycles. The van der Waals surface area contributed by atoms with E-state index < -0.39 is 11.5 Å². The third-order valence-corrected chi connectivity index (χ3v) is 4.50. The van der Waals surface area contributed by atoms with E-state index in [1.54, 1.807) is 4.90 Å². The van der Waals surface area contributed by atoms with Crippen LogP contribution in [0.3, 0.4) is 0 Å². The highest BCUT2D eigenvalue weighted by molar-refractivity contribution is 5.96. The van der Waals surface area contributed by atoms with Crippen LogP contribution < -0.4 is 5.73 Å². The molecule has 6 nitrogen and oxygen atoms in total. The van der Waals surface area contributed by atoms with Gasteiger partial charge in [-0.25, -0.2) is 4.79 Å². The van der Waals surface area contributed by atoms with Crippen LogP contribution in [0.2, 0.25) is 0 Å². The van der Waals surface area contributed by atoms with E-state index in [0.29, 0.717) is 25.1 Å². The number of benzene rings is 1. The highest BCUT2D eigenvalue weighted by Gasteiger charge is 2.32. The molecular weight excluding hydrogens is 330 g/mol. The number of carbonyl (C=O) groups excluding carboxylic acids is 2. The van der Waals surface area contributed by atoms with Crippen molar-refractivity contribution < 1.29 is 14.3 Å². The lowest BCUT2D eigenvalue weighted by Gasteiger charge is -2.31. The van der Waals surface area contributed by atoms with E-state index >= 15 is 0 Å². The molecule has 0 unspecified atom stereocenters. The first-order valence-corrected chi connectivity index (χ1v) is 8.75. The highest BCUT2D eigenvalue weighted by atomic mass is 16.6. The largest absolute Gasteiger partial charge is 0.444 e. The van der Waals surface area contributed by atoms with Crippen molar-refractivity contribution in [1.29, 1.82) is 0 Å². The van der Waals surface area contributed by atoms with Crippen molar-refractivity contribution in [2.75, 3.05) is 6.54 Å². The number of rotatable bonds is 2. The molecular formula is C20H25N3O3. The van der Waals surface area contributed by atoms with Crippen LogP contribution in [0.25, 0.3) is 5.69 Å². The Hall–Kier alpha value is -2.76. The van der Waals surface area contributed by atoms with Gasteiger partial charge < -0.3 is 19.9 Å². The number of carbonyl (C=O) groups is 2. The summed E-state index contributed by atoms with van der Waals surface area (Å²) in [5.74, 6) is -0.473. The topological polar surface area (TPSA) is 77.6 Å². The van der Waals surface area contributed by atoms with Gasteiger partial charge >= 0.3 is 6.09 Å². The second kappa shape index (κ2) is 6.52. The number of hydrogen-bond donors (Lipinski definition) is 1. The van der Waals surface area contributed by atoms with Gasteiger partial charge in [0.25, 0.3) is 5.91 Å². The molecule has 0 bridgehead atoms. The summed E-state index contributed by atoms with van der Waals surface area (Å²) in [5.41, 5.74) is 9.24. The lowest BCUT2D eigenvalue weighted by atomic mass is 10.0. The average molecular weight is 355 g/mol. The summed E-state index contributed by atoms with van der Waals surface area (Å²) in [7, 11) is 0. The fourth-order valence-electron chi connectivity index (χ4n) is 3.49. The number of fused-ring (bicyclic) bond motifs is 1. The van der Waals surface area contributed by atoms with Gasteiger partial charge in [0.15, 0.2) is 0 Å². The third-order valence-electron chi connectivity index (χ3n) is 4.50. The van der Waals surface area contributed by atoms with Crippen LogP contribution in [0, 0.1) is 6.92 Å². The zero-order valence-electron chi connectivity index (χ0n) is 15.7. The van der Waals surface area contributed by atoms with Crippen molar-refractivity contribution >= 4 is 12.0 Å².